The molecule has 0 bridgehead atoms. The fourth-order valence-corrected chi connectivity index (χ4v) is 3.61. The van der Waals surface area contributed by atoms with Gasteiger partial charge in [-0.2, -0.15) is 0 Å². The number of ether oxygens (including phenoxy) is 3. The monoisotopic (exact) mass is 324 g/mol. The molecule has 0 radical (unpaired) electrons. The highest BCUT2D eigenvalue weighted by molar-refractivity contribution is 5.81. The van der Waals surface area contributed by atoms with E-state index in [0.29, 0.717) is 44.0 Å². The third-order valence-electron chi connectivity index (χ3n) is 5.10. The maximum Gasteiger partial charge on any atom is 0.330 e. The van der Waals surface area contributed by atoms with E-state index in [2.05, 4.69) is 6.58 Å². The second-order valence-electron chi connectivity index (χ2n) is 6.78. The summed E-state index contributed by atoms with van der Waals surface area (Å²) in [7, 11) is 0. The minimum atomic E-state index is -0.731. The summed E-state index contributed by atoms with van der Waals surface area (Å²) in [5, 5.41) is 9.90. The minimum Gasteiger partial charge on any atom is -0.465 e. The molecule has 6 heteroatoms. The second kappa shape index (κ2) is 7.01. The van der Waals surface area contributed by atoms with Gasteiger partial charge in [-0.15, -0.1) is 0 Å². The van der Waals surface area contributed by atoms with Crippen LogP contribution in [0.1, 0.15) is 38.5 Å². The molecule has 0 spiro atoms. The first-order chi connectivity index (χ1) is 11.1. The minimum absolute atomic E-state index is 0.254. The van der Waals surface area contributed by atoms with Crippen LogP contribution < -0.4 is 0 Å². The van der Waals surface area contributed by atoms with Crippen molar-refractivity contribution in [3.63, 3.8) is 0 Å². The van der Waals surface area contributed by atoms with Crippen molar-refractivity contribution < 1.29 is 28.9 Å². The predicted molar refractivity (Wildman–Crippen MR) is 80.4 cm³/mol. The average molecular weight is 324 g/mol. The zero-order valence-corrected chi connectivity index (χ0v) is 13.2. The second-order valence-corrected chi connectivity index (χ2v) is 6.78. The van der Waals surface area contributed by atoms with Gasteiger partial charge in [-0.1, -0.05) is 6.58 Å². The average Bonchev–Trinajstić information content (AvgIpc) is 3.33. The highest BCUT2D eigenvalue weighted by Gasteiger charge is 2.44. The molecule has 1 N–H and O–H groups in total. The van der Waals surface area contributed by atoms with Crippen LogP contribution in [0, 0.1) is 11.8 Å². The number of carbonyl (C=O) groups excluding carboxylic acids is 2. The van der Waals surface area contributed by atoms with Gasteiger partial charge < -0.3 is 19.3 Å². The molecule has 6 unspecified atom stereocenters. The Hall–Kier alpha value is -1.40. The Bertz CT molecular complexity index is 476. The molecule has 6 nitrogen and oxygen atoms in total. The number of epoxide rings is 1. The van der Waals surface area contributed by atoms with E-state index in [1.165, 1.54) is 0 Å². The summed E-state index contributed by atoms with van der Waals surface area (Å²) < 4.78 is 16.1. The van der Waals surface area contributed by atoms with E-state index in [9.17, 15) is 14.7 Å². The Kier molecular flexibility index (Phi) is 5.02. The summed E-state index contributed by atoms with van der Waals surface area (Å²) in [5.74, 6) is -0.777. The first-order valence-corrected chi connectivity index (χ1v) is 8.40. The van der Waals surface area contributed by atoms with Crippen LogP contribution in [0.5, 0.6) is 0 Å². The third-order valence-corrected chi connectivity index (χ3v) is 5.10. The van der Waals surface area contributed by atoms with Crippen LogP contribution in [0.2, 0.25) is 0 Å². The van der Waals surface area contributed by atoms with Gasteiger partial charge in [-0.25, -0.2) is 4.79 Å². The van der Waals surface area contributed by atoms with Crippen molar-refractivity contribution in [3.8, 4) is 0 Å². The fraction of sp³-hybridized carbons (Fsp3) is 0.765. The smallest absolute Gasteiger partial charge is 0.330 e. The molecule has 1 heterocycles. The van der Waals surface area contributed by atoms with Crippen LogP contribution in [-0.4, -0.2) is 48.1 Å². The summed E-state index contributed by atoms with van der Waals surface area (Å²) in [6.45, 7) is 3.77. The van der Waals surface area contributed by atoms with Gasteiger partial charge in [0.1, 0.15) is 6.10 Å². The molecule has 0 aromatic rings. The summed E-state index contributed by atoms with van der Waals surface area (Å²) in [4.78, 5) is 23.5. The quantitative estimate of drug-likeness (QED) is 0.467. The van der Waals surface area contributed by atoms with Crippen LogP contribution in [-0.2, 0) is 23.8 Å². The van der Waals surface area contributed by atoms with Gasteiger partial charge in [0.15, 0.2) is 0 Å². The maximum atomic E-state index is 12.2. The topological polar surface area (TPSA) is 85.4 Å². The summed E-state index contributed by atoms with van der Waals surface area (Å²) in [5.41, 5.74) is 0. The Morgan fingerprint density at radius 1 is 1.17 bits per heavy atom. The van der Waals surface area contributed by atoms with Crippen molar-refractivity contribution in [2.45, 2.75) is 62.9 Å². The summed E-state index contributed by atoms with van der Waals surface area (Å²) >= 11 is 0. The Labute approximate surface area is 135 Å². The van der Waals surface area contributed by atoms with E-state index in [0.717, 1.165) is 25.3 Å². The van der Waals surface area contributed by atoms with E-state index < -0.39 is 18.2 Å². The molecular weight excluding hydrogens is 300 g/mol. The molecule has 3 fully saturated rings. The number of fused-ring (bicyclic) bond motifs is 1. The molecule has 0 aromatic heterocycles. The Morgan fingerprint density at radius 2 is 2.00 bits per heavy atom. The van der Waals surface area contributed by atoms with Gasteiger partial charge in [0.25, 0.3) is 0 Å². The van der Waals surface area contributed by atoms with Crippen LogP contribution in [0.4, 0.5) is 0 Å². The highest BCUT2D eigenvalue weighted by atomic mass is 16.6. The van der Waals surface area contributed by atoms with E-state index in [4.69, 9.17) is 14.2 Å². The number of esters is 2. The van der Waals surface area contributed by atoms with Gasteiger partial charge in [-0.05, 0) is 38.0 Å². The largest absolute Gasteiger partial charge is 0.465 e. The molecule has 3 aliphatic rings. The molecule has 2 aliphatic carbocycles. The molecule has 3 rings (SSSR count). The molecule has 6 atom stereocenters. The van der Waals surface area contributed by atoms with E-state index in [-0.39, 0.29) is 11.9 Å². The Balaban J connectivity index is 1.44. The standard InChI is InChI=1S/C17H24O6/c1-2-16(19)23-14-8-11(4-5-12(14)18)17(20)21-9-10-3-6-13-15(7-10)22-13/h2,10-15,18H,1,3-9H2. The van der Waals surface area contributed by atoms with E-state index in [1.807, 2.05) is 0 Å². The number of carbonyl (C=O) groups is 2. The van der Waals surface area contributed by atoms with Crippen molar-refractivity contribution in [2.75, 3.05) is 6.61 Å². The highest BCUT2D eigenvalue weighted by Crippen LogP contribution is 2.39. The van der Waals surface area contributed by atoms with Crippen LogP contribution in [0.25, 0.3) is 0 Å². The van der Waals surface area contributed by atoms with Gasteiger partial charge >= 0.3 is 11.9 Å². The molecule has 1 saturated heterocycles. The first kappa shape index (κ1) is 16.5. The lowest BCUT2D eigenvalue weighted by atomic mass is 9.85. The lowest BCUT2D eigenvalue weighted by Crippen LogP contribution is -2.40. The summed E-state index contributed by atoms with van der Waals surface area (Å²) in [6, 6.07) is 0. The predicted octanol–water partition coefficient (Wildman–Crippen LogP) is 1.36. The van der Waals surface area contributed by atoms with Crippen LogP contribution in [0.3, 0.4) is 0 Å². The molecule has 2 saturated carbocycles. The lowest BCUT2D eigenvalue weighted by Gasteiger charge is -2.31. The number of hydrogen-bond acceptors (Lipinski definition) is 6. The lowest BCUT2D eigenvalue weighted by molar-refractivity contribution is -0.163. The SMILES string of the molecule is C=CC(=O)OC1CC(C(=O)OCC2CCC3OC3C2)CCC1O. The van der Waals surface area contributed by atoms with E-state index in [1.54, 1.807) is 0 Å². The fourth-order valence-electron chi connectivity index (χ4n) is 3.61. The number of rotatable bonds is 5. The molecule has 1 aliphatic heterocycles. The number of hydrogen-bond donors (Lipinski definition) is 1. The molecule has 23 heavy (non-hydrogen) atoms. The first-order valence-electron chi connectivity index (χ1n) is 8.40. The van der Waals surface area contributed by atoms with E-state index >= 15 is 0 Å². The molecular formula is C17H24O6. The van der Waals surface area contributed by atoms with Gasteiger partial charge in [0.05, 0.1) is 30.8 Å². The molecule has 128 valence electrons. The number of aliphatic hydroxyl groups excluding tert-OH is 1. The van der Waals surface area contributed by atoms with Crippen molar-refractivity contribution >= 4 is 11.9 Å². The van der Waals surface area contributed by atoms with Crippen molar-refractivity contribution in [1.82, 2.24) is 0 Å². The third kappa shape index (κ3) is 4.12. The molecule has 0 aromatic carbocycles. The van der Waals surface area contributed by atoms with Crippen molar-refractivity contribution in [3.05, 3.63) is 12.7 Å². The van der Waals surface area contributed by atoms with Gasteiger partial charge in [0, 0.05) is 12.5 Å². The van der Waals surface area contributed by atoms with Crippen molar-refractivity contribution in [1.29, 1.82) is 0 Å². The maximum absolute atomic E-state index is 12.2. The van der Waals surface area contributed by atoms with Gasteiger partial charge in [-0.3, -0.25) is 4.79 Å². The molecule has 0 amide bonds. The van der Waals surface area contributed by atoms with Crippen molar-refractivity contribution in [2.24, 2.45) is 11.8 Å². The zero-order valence-electron chi connectivity index (χ0n) is 13.2. The number of aliphatic hydroxyl groups is 1. The van der Waals surface area contributed by atoms with Crippen LogP contribution in [0.15, 0.2) is 12.7 Å². The zero-order chi connectivity index (χ0) is 16.4. The summed E-state index contributed by atoms with van der Waals surface area (Å²) in [6.07, 6.45) is 4.84. The Morgan fingerprint density at radius 3 is 2.74 bits per heavy atom. The van der Waals surface area contributed by atoms with Crippen LogP contribution >= 0.6 is 0 Å². The normalized spacial score (nSPS) is 39.0. The van der Waals surface area contributed by atoms with Gasteiger partial charge in [0.2, 0.25) is 0 Å².